The van der Waals surface area contributed by atoms with Crippen LogP contribution in [0.15, 0.2) is 60.7 Å². The van der Waals surface area contributed by atoms with Crippen molar-refractivity contribution in [1.82, 2.24) is 5.32 Å². The number of aromatic carboxylic acids is 1. The molecule has 0 aliphatic heterocycles. The molecule has 0 fully saturated rings. The van der Waals surface area contributed by atoms with E-state index in [0.717, 1.165) is 12.1 Å². The van der Waals surface area contributed by atoms with Gasteiger partial charge in [0.1, 0.15) is 6.61 Å². The highest BCUT2D eigenvalue weighted by Crippen LogP contribution is 2.24. The maximum absolute atomic E-state index is 13.8. The van der Waals surface area contributed by atoms with Gasteiger partial charge in [0, 0.05) is 16.1 Å². The third-order valence-corrected chi connectivity index (χ3v) is 4.85. The third kappa shape index (κ3) is 5.38. The predicted octanol–water partition coefficient (Wildman–Crippen LogP) is 5.39. The molecule has 5 nitrogen and oxygen atoms in total. The zero-order valence-corrected chi connectivity index (χ0v) is 17.1. The van der Waals surface area contributed by atoms with Gasteiger partial charge >= 0.3 is 5.97 Å². The molecule has 0 heterocycles. The van der Waals surface area contributed by atoms with E-state index in [9.17, 15) is 18.4 Å². The molecule has 0 aliphatic carbocycles. The second kappa shape index (κ2) is 9.57. The fraction of sp³-hybridized carbons (Fsp3) is 0.130. The molecule has 1 atom stereocenters. The summed E-state index contributed by atoms with van der Waals surface area (Å²) in [4.78, 5) is 23.8. The summed E-state index contributed by atoms with van der Waals surface area (Å²) < 4.78 is 32.9. The van der Waals surface area contributed by atoms with Crippen LogP contribution in [-0.2, 0) is 6.61 Å². The maximum Gasteiger partial charge on any atom is 0.335 e. The van der Waals surface area contributed by atoms with Crippen molar-refractivity contribution in [3.8, 4) is 5.75 Å². The fourth-order valence-electron chi connectivity index (χ4n) is 2.93. The molecule has 160 valence electrons. The maximum atomic E-state index is 13.8. The Morgan fingerprint density at radius 2 is 1.71 bits per heavy atom. The number of rotatable bonds is 7. The minimum Gasteiger partial charge on any atom is -0.483 e. The van der Waals surface area contributed by atoms with Crippen molar-refractivity contribution < 1.29 is 28.2 Å². The summed E-state index contributed by atoms with van der Waals surface area (Å²) in [6.07, 6.45) is 0. The van der Waals surface area contributed by atoms with Crippen LogP contribution in [-0.4, -0.2) is 17.0 Å². The highest BCUT2D eigenvalue weighted by Gasteiger charge is 2.18. The zero-order valence-electron chi connectivity index (χ0n) is 16.4. The molecule has 0 bridgehead atoms. The molecule has 0 unspecified atom stereocenters. The molecule has 2 N–H and O–H groups in total. The number of carboxylic acid groups (broad SMARTS) is 1. The second-order valence-electron chi connectivity index (χ2n) is 6.76. The highest BCUT2D eigenvalue weighted by atomic mass is 35.5. The molecule has 8 heteroatoms. The lowest BCUT2D eigenvalue weighted by molar-refractivity contribution is 0.0696. The minimum absolute atomic E-state index is 0.136. The van der Waals surface area contributed by atoms with Crippen LogP contribution < -0.4 is 10.1 Å². The van der Waals surface area contributed by atoms with E-state index in [0.29, 0.717) is 16.1 Å². The molecule has 0 aliphatic rings. The highest BCUT2D eigenvalue weighted by molar-refractivity contribution is 6.31. The van der Waals surface area contributed by atoms with Crippen molar-refractivity contribution in [2.24, 2.45) is 0 Å². The molecule has 0 aromatic heterocycles. The molecule has 3 rings (SSSR count). The average molecular weight is 446 g/mol. The van der Waals surface area contributed by atoms with Crippen LogP contribution in [0.4, 0.5) is 8.78 Å². The average Bonchev–Trinajstić information content (AvgIpc) is 2.74. The Hall–Kier alpha value is -3.45. The van der Waals surface area contributed by atoms with Gasteiger partial charge in [0.25, 0.3) is 5.91 Å². The van der Waals surface area contributed by atoms with E-state index in [-0.39, 0.29) is 17.7 Å². The van der Waals surface area contributed by atoms with Crippen molar-refractivity contribution in [3.63, 3.8) is 0 Å². The molecule has 1 amide bonds. The number of halogens is 3. The summed E-state index contributed by atoms with van der Waals surface area (Å²) in [5, 5.41) is 12.1. The number of hydrogen-bond donors (Lipinski definition) is 2. The summed E-state index contributed by atoms with van der Waals surface area (Å²) in [5.74, 6) is -3.74. The van der Waals surface area contributed by atoms with Gasteiger partial charge in [-0.15, -0.1) is 0 Å². The predicted molar refractivity (Wildman–Crippen MR) is 111 cm³/mol. The van der Waals surface area contributed by atoms with Crippen LogP contribution in [0.25, 0.3) is 0 Å². The van der Waals surface area contributed by atoms with Gasteiger partial charge in [-0.1, -0.05) is 35.9 Å². The van der Waals surface area contributed by atoms with Crippen LogP contribution in [0, 0.1) is 11.6 Å². The zero-order chi connectivity index (χ0) is 22.5. The SMILES string of the molecule is C[C@H](NC(=O)c1cc(Cl)ccc1COc1c(F)cccc1F)c1ccc(C(=O)O)cc1. The van der Waals surface area contributed by atoms with Gasteiger partial charge in [0.2, 0.25) is 0 Å². The smallest absolute Gasteiger partial charge is 0.335 e. The van der Waals surface area contributed by atoms with Crippen LogP contribution in [0.2, 0.25) is 5.02 Å². The number of benzene rings is 3. The molecular weight excluding hydrogens is 428 g/mol. The molecule has 0 spiro atoms. The first-order chi connectivity index (χ1) is 14.8. The van der Waals surface area contributed by atoms with Gasteiger partial charge in [-0.05, 0) is 48.9 Å². The second-order valence-corrected chi connectivity index (χ2v) is 7.20. The Kier molecular flexibility index (Phi) is 6.87. The Balaban J connectivity index is 1.77. The van der Waals surface area contributed by atoms with Gasteiger partial charge in [-0.25, -0.2) is 13.6 Å². The number of amides is 1. The number of carboxylic acids is 1. The first kappa shape index (κ1) is 22.2. The van der Waals surface area contributed by atoms with Gasteiger partial charge in [0.15, 0.2) is 17.4 Å². The summed E-state index contributed by atoms with van der Waals surface area (Å²) in [6, 6.07) is 13.6. The molecule has 3 aromatic carbocycles. The van der Waals surface area contributed by atoms with E-state index in [2.05, 4.69) is 5.32 Å². The summed E-state index contributed by atoms with van der Waals surface area (Å²) >= 11 is 6.03. The lowest BCUT2D eigenvalue weighted by atomic mass is 10.0. The van der Waals surface area contributed by atoms with Crippen molar-refractivity contribution in [2.75, 3.05) is 0 Å². The summed E-state index contributed by atoms with van der Waals surface area (Å²) in [6.45, 7) is 1.49. The number of para-hydroxylation sites is 1. The number of carbonyl (C=O) groups is 2. The molecule has 0 saturated carbocycles. The summed E-state index contributed by atoms with van der Waals surface area (Å²) in [7, 11) is 0. The van der Waals surface area contributed by atoms with E-state index in [4.69, 9.17) is 21.4 Å². The van der Waals surface area contributed by atoms with E-state index in [1.54, 1.807) is 31.2 Å². The topological polar surface area (TPSA) is 75.6 Å². The Bertz CT molecular complexity index is 1100. The first-order valence-electron chi connectivity index (χ1n) is 9.25. The third-order valence-electron chi connectivity index (χ3n) is 4.61. The van der Waals surface area contributed by atoms with Gasteiger partial charge < -0.3 is 15.2 Å². The lowest BCUT2D eigenvalue weighted by Crippen LogP contribution is -2.28. The molecule has 3 aromatic rings. The molecule has 31 heavy (non-hydrogen) atoms. The first-order valence-corrected chi connectivity index (χ1v) is 9.63. The van der Waals surface area contributed by atoms with E-state index >= 15 is 0 Å². The van der Waals surface area contributed by atoms with Crippen LogP contribution in [0.1, 0.15) is 44.8 Å². The standard InChI is InChI=1S/C23H18ClF2NO4/c1-13(14-5-7-15(8-6-14)23(29)30)27-22(28)18-11-17(24)10-9-16(18)12-31-21-19(25)3-2-4-20(21)26/h2-11,13H,12H2,1H3,(H,27,28)(H,29,30)/t13-/m0/s1. The number of nitrogens with one attached hydrogen (secondary N) is 1. The van der Waals surface area contributed by atoms with Crippen molar-refractivity contribution in [2.45, 2.75) is 19.6 Å². The molecule has 0 radical (unpaired) electrons. The van der Waals surface area contributed by atoms with Crippen LogP contribution in [0.5, 0.6) is 5.75 Å². The largest absolute Gasteiger partial charge is 0.483 e. The number of carbonyl (C=O) groups excluding carboxylic acids is 1. The van der Waals surface area contributed by atoms with Crippen LogP contribution >= 0.6 is 11.6 Å². The molecule has 0 saturated heterocycles. The van der Waals surface area contributed by atoms with Gasteiger partial charge in [-0.3, -0.25) is 4.79 Å². The monoisotopic (exact) mass is 445 g/mol. The van der Waals surface area contributed by atoms with Crippen molar-refractivity contribution >= 4 is 23.5 Å². The Morgan fingerprint density at radius 1 is 1.06 bits per heavy atom. The fourth-order valence-corrected chi connectivity index (χ4v) is 3.10. The summed E-state index contributed by atoms with van der Waals surface area (Å²) in [5.41, 5.74) is 1.42. The van der Waals surface area contributed by atoms with Gasteiger partial charge in [0.05, 0.1) is 11.6 Å². The quantitative estimate of drug-likeness (QED) is 0.511. The van der Waals surface area contributed by atoms with Crippen molar-refractivity contribution in [3.05, 3.63) is 99.6 Å². The number of ether oxygens (including phenoxy) is 1. The minimum atomic E-state index is -1.04. The van der Waals surface area contributed by atoms with E-state index in [1.807, 2.05) is 0 Å². The number of hydrogen-bond acceptors (Lipinski definition) is 3. The normalized spacial score (nSPS) is 11.6. The van der Waals surface area contributed by atoms with E-state index < -0.39 is 35.3 Å². The van der Waals surface area contributed by atoms with Crippen LogP contribution in [0.3, 0.4) is 0 Å². The molecular formula is C23H18ClF2NO4. The lowest BCUT2D eigenvalue weighted by Gasteiger charge is -2.17. The Morgan fingerprint density at radius 3 is 2.32 bits per heavy atom. The van der Waals surface area contributed by atoms with Crippen molar-refractivity contribution in [1.29, 1.82) is 0 Å². The Labute approximate surface area is 182 Å². The van der Waals surface area contributed by atoms with E-state index in [1.165, 1.54) is 24.3 Å². The van der Waals surface area contributed by atoms with Gasteiger partial charge in [-0.2, -0.15) is 0 Å².